The number of benzene rings is 1. The average Bonchev–Trinajstić information content (AvgIpc) is 3.13. The van der Waals surface area contributed by atoms with E-state index in [4.69, 9.17) is 0 Å². The molecule has 0 aliphatic carbocycles. The molecule has 24 heavy (non-hydrogen) atoms. The molecule has 1 aliphatic heterocycles. The van der Waals surface area contributed by atoms with Crippen LogP contribution in [0.3, 0.4) is 0 Å². The Morgan fingerprint density at radius 2 is 2.17 bits per heavy atom. The summed E-state index contributed by atoms with van der Waals surface area (Å²) in [4.78, 5) is 12.0. The highest BCUT2D eigenvalue weighted by molar-refractivity contribution is 7.10. The Labute approximate surface area is 145 Å². The smallest absolute Gasteiger partial charge is 0.258 e. The lowest BCUT2D eigenvalue weighted by molar-refractivity contribution is -0.402. The quantitative estimate of drug-likeness (QED) is 0.335. The molecule has 5 heteroatoms. The van der Waals surface area contributed by atoms with E-state index >= 15 is 0 Å². The van der Waals surface area contributed by atoms with E-state index in [1.807, 2.05) is 30.6 Å². The molecule has 0 saturated carbocycles. The van der Waals surface area contributed by atoms with Crippen LogP contribution >= 0.6 is 11.3 Å². The van der Waals surface area contributed by atoms with E-state index in [-0.39, 0.29) is 16.0 Å². The Balaban J connectivity index is 2.12. The third kappa shape index (κ3) is 2.61. The predicted octanol–water partition coefficient (Wildman–Crippen LogP) is 4.93. The van der Waals surface area contributed by atoms with Crippen LogP contribution in [0.4, 0.5) is 11.4 Å². The van der Waals surface area contributed by atoms with Gasteiger partial charge in [-0.1, -0.05) is 12.1 Å². The van der Waals surface area contributed by atoms with Crippen LogP contribution in [0.15, 0.2) is 54.4 Å². The molecule has 0 amide bonds. The molecule has 1 aliphatic rings. The normalized spacial score (nSPS) is 19.8. The Morgan fingerprint density at radius 3 is 2.79 bits per heavy atom. The molecule has 0 N–H and O–H groups in total. The maximum absolute atomic E-state index is 11.2. The first-order chi connectivity index (χ1) is 11.5. The molecule has 0 radical (unpaired) electrons. The zero-order chi connectivity index (χ0) is 17.3. The van der Waals surface area contributed by atoms with Crippen molar-refractivity contribution in [1.29, 1.82) is 0 Å². The van der Waals surface area contributed by atoms with E-state index in [2.05, 4.69) is 36.3 Å². The zero-order valence-electron chi connectivity index (χ0n) is 13.7. The summed E-state index contributed by atoms with van der Waals surface area (Å²) in [7, 11) is 2.01. The summed E-state index contributed by atoms with van der Waals surface area (Å²) < 4.78 is 2.12. The Morgan fingerprint density at radius 1 is 1.38 bits per heavy atom. The Hall–Kier alpha value is -2.53. The molecule has 0 fully saturated rings. The second-order valence-electron chi connectivity index (χ2n) is 6.08. The minimum Gasteiger partial charge on any atom is -0.258 e. The molecule has 0 bridgehead atoms. The van der Waals surface area contributed by atoms with Crippen molar-refractivity contribution >= 4 is 34.5 Å². The van der Waals surface area contributed by atoms with Crippen molar-refractivity contribution in [2.75, 3.05) is 7.05 Å². The SMILES string of the molecule is C=CCC1(C)C(/C=C/c2cccs2)=[N+](C)c2ccc([N+](=O)[O-])cc21. The first-order valence-corrected chi connectivity index (χ1v) is 8.58. The monoisotopic (exact) mass is 339 g/mol. The van der Waals surface area contributed by atoms with E-state index in [1.54, 1.807) is 23.5 Å². The van der Waals surface area contributed by atoms with E-state index in [1.165, 1.54) is 4.88 Å². The lowest BCUT2D eigenvalue weighted by Gasteiger charge is -2.20. The number of nitro benzene ring substituents is 1. The largest absolute Gasteiger partial charge is 0.270 e. The van der Waals surface area contributed by atoms with Crippen LogP contribution in [-0.4, -0.2) is 22.3 Å². The van der Waals surface area contributed by atoms with E-state index < -0.39 is 0 Å². The third-order valence-corrected chi connectivity index (χ3v) is 5.41. The van der Waals surface area contributed by atoms with Gasteiger partial charge in [0.15, 0.2) is 5.71 Å². The minimum atomic E-state index is -0.339. The van der Waals surface area contributed by atoms with E-state index in [0.717, 1.165) is 23.4 Å². The van der Waals surface area contributed by atoms with Crippen molar-refractivity contribution < 1.29 is 9.50 Å². The van der Waals surface area contributed by atoms with Gasteiger partial charge in [0.25, 0.3) is 5.69 Å². The standard InChI is InChI=1S/C19H19N2O2S/c1-4-11-19(2)16-13-14(21(22)23)7-9-17(16)20(3)18(19)10-8-15-6-5-12-24-15/h4-10,12-13H,1,11H2,2-3H3/q+1/b10-8+. The number of allylic oxidation sites excluding steroid dienone is 2. The first kappa shape index (κ1) is 16.3. The van der Waals surface area contributed by atoms with Gasteiger partial charge in [-0.05, 0) is 30.9 Å². The fraction of sp³-hybridized carbons (Fsp3) is 0.211. The molecule has 0 spiro atoms. The van der Waals surface area contributed by atoms with Gasteiger partial charge >= 0.3 is 0 Å². The molecule has 1 aromatic heterocycles. The minimum absolute atomic E-state index is 0.126. The highest BCUT2D eigenvalue weighted by Crippen LogP contribution is 2.43. The summed E-state index contributed by atoms with van der Waals surface area (Å²) in [6.45, 7) is 6.00. The van der Waals surface area contributed by atoms with Crippen LogP contribution in [0.5, 0.6) is 0 Å². The summed E-state index contributed by atoms with van der Waals surface area (Å²) in [6, 6.07) is 9.19. The van der Waals surface area contributed by atoms with Crippen LogP contribution in [-0.2, 0) is 5.41 Å². The molecule has 1 atom stereocenters. The van der Waals surface area contributed by atoms with Gasteiger partial charge in [-0.15, -0.1) is 17.9 Å². The van der Waals surface area contributed by atoms with Gasteiger partial charge in [0.05, 0.1) is 10.3 Å². The topological polar surface area (TPSA) is 46.1 Å². The maximum Gasteiger partial charge on any atom is 0.270 e. The second-order valence-corrected chi connectivity index (χ2v) is 7.06. The van der Waals surface area contributed by atoms with Crippen LogP contribution in [0.2, 0.25) is 0 Å². The number of non-ortho nitro benzene ring substituents is 1. The summed E-state index contributed by atoms with van der Waals surface area (Å²) >= 11 is 1.68. The first-order valence-electron chi connectivity index (χ1n) is 7.70. The van der Waals surface area contributed by atoms with Crippen molar-refractivity contribution in [3.63, 3.8) is 0 Å². The van der Waals surface area contributed by atoms with Gasteiger partial charge < -0.3 is 0 Å². The fourth-order valence-electron chi connectivity index (χ4n) is 3.36. The zero-order valence-corrected chi connectivity index (χ0v) is 14.5. The number of fused-ring (bicyclic) bond motifs is 1. The van der Waals surface area contributed by atoms with Crippen LogP contribution in [0, 0.1) is 10.1 Å². The number of hydrogen-bond donors (Lipinski definition) is 0. The fourth-order valence-corrected chi connectivity index (χ4v) is 3.97. The summed E-state index contributed by atoms with van der Waals surface area (Å²) in [5, 5.41) is 13.2. The molecule has 1 unspecified atom stereocenters. The predicted molar refractivity (Wildman–Crippen MR) is 99.5 cm³/mol. The summed E-state index contributed by atoms with van der Waals surface area (Å²) in [5.74, 6) is 0. The summed E-state index contributed by atoms with van der Waals surface area (Å²) in [5.41, 5.74) is 2.90. The Kier molecular flexibility index (Phi) is 4.20. The molecule has 122 valence electrons. The van der Waals surface area contributed by atoms with Gasteiger partial charge in [-0.3, -0.25) is 10.1 Å². The number of nitrogens with zero attached hydrogens (tertiary/aromatic N) is 2. The van der Waals surface area contributed by atoms with E-state index in [9.17, 15) is 10.1 Å². The summed E-state index contributed by atoms with van der Waals surface area (Å²) in [6.07, 6.45) is 6.80. The van der Waals surface area contributed by atoms with Gasteiger partial charge in [0, 0.05) is 34.7 Å². The molecular formula is C19H19N2O2S+. The molecule has 4 nitrogen and oxygen atoms in total. The number of nitro groups is 1. The van der Waals surface area contributed by atoms with Crippen molar-refractivity contribution in [2.45, 2.75) is 18.8 Å². The number of rotatable bonds is 5. The van der Waals surface area contributed by atoms with Crippen LogP contribution in [0.1, 0.15) is 23.8 Å². The second kappa shape index (κ2) is 6.17. The van der Waals surface area contributed by atoms with Crippen LogP contribution < -0.4 is 0 Å². The van der Waals surface area contributed by atoms with Gasteiger partial charge in [-0.2, -0.15) is 4.58 Å². The number of hydrogen-bond acceptors (Lipinski definition) is 3. The molecule has 0 saturated heterocycles. The van der Waals surface area contributed by atoms with Gasteiger partial charge in [0.2, 0.25) is 5.69 Å². The third-order valence-electron chi connectivity index (χ3n) is 4.57. The van der Waals surface area contributed by atoms with Crippen LogP contribution in [0.25, 0.3) is 6.08 Å². The highest BCUT2D eigenvalue weighted by atomic mass is 32.1. The highest BCUT2D eigenvalue weighted by Gasteiger charge is 2.46. The van der Waals surface area contributed by atoms with Crippen molar-refractivity contribution in [3.8, 4) is 0 Å². The Bertz CT molecular complexity index is 865. The molecule has 3 rings (SSSR count). The van der Waals surface area contributed by atoms with Crippen molar-refractivity contribution in [1.82, 2.24) is 0 Å². The molecular weight excluding hydrogens is 320 g/mol. The maximum atomic E-state index is 11.2. The average molecular weight is 339 g/mol. The van der Waals surface area contributed by atoms with Gasteiger partial charge in [0.1, 0.15) is 7.05 Å². The van der Waals surface area contributed by atoms with E-state index in [0.29, 0.717) is 0 Å². The van der Waals surface area contributed by atoms with Gasteiger partial charge in [-0.25, -0.2) is 0 Å². The number of thiophene rings is 1. The lowest BCUT2D eigenvalue weighted by atomic mass is 9.76. The van der Waals surface area contributed by atoms with Crippen molar-refractivity contribution in [2.24, 2.45) is 0 Å². The molecule has 1 aromatic carbocycles. The molecule has 2 heterocycles. The molecule has 2 aromatic rings. The van der Waals surface area contributed by atoms with Crippen molar-refractivity contribution in [3.05, 3.63) is 75.0 Å². The lowest BCUT2D eigenvalue weighted by Crippen LogP contribution is -2.30.